The van der Waals surface area contributed by atoms with E-state index in [9.17, 15) is 9.59 Å². The molecule has 0 spiro atoms. The molecule has 1 saturated heterocycles. The lowest BCUT2D eigenvalue weighted by atomic mass is 10.2. The van der Waals surface area contributed by atoms with Crippen molar-refractivity contribution in [2.24, 2.45) is 0 Å². The molecule has 0 unspecified atom stereocenters. The topological polar surface area (TPSA) is 74.8 Å². The van der Waals surface area contributed by atoms with Gasteiger partial charge in [0.05, 0.1) is 5.56 Å². The van der Waals surface area contributed by atoms with Crippen LogP contribution in [0.2, 0.25) is 0 Å². The molecule has 7 nitrogen and oxygen atoms in total. The molecule has 0 bridgehead atoms. The maximum atomic E-state index is 12.0. The highest BCUT2D eigenvalue weighted by Crippen LogP contribution is 2.11. The minimum Gasteiger partial charge on any atom is -0.444 e. The summed E-state index contributed by atoms with van der Waals surface area (Å²) < 4.78 is 5.38. The molecule has 0 aliphatic carbocycles. The van der Waals surface area contributed by atoms with Crippen LogP contribution in [-0.2, 0) is 4.74 Å². The van der Waals surface area contributed by atoms with Gasteiger partial charge in [0.1, 0.15) is 5.60 Å². The third kappa shape index (κ3) is 5.81. The largest absolute Gasteiger partial charge is 0.444 e. The van der Waals surface area contributed by atoms with E-state index in [0.717, 1.165) is 19.6 Å². The third-order valence-electron chi connectivity index (χ3n) is 3.66. The van der Waals surface area contributed by atoms with E-state index in [1.165, 1.54) is 0 Å². The molecule has 132 valence electrons. The molecule has 1 aliphatic rings. The van der Waals surface area contributed by atoms with Crippen molar-refractivity contribution in [3.05, 3.63) is 30.1 Å². The van der Waals surface area contributed by atoms with Crippen molar-refractivity contribution in [3.8, 4) is 0 Å². The van der Waals surface area contributed by atoms with E-state index in [-0.39, 0.29) is 12.0 Å². The first kappa shape index (κ1) is 18.2. The fourth-order valence-electron chi connectivity index (χ4n) is 2.41. The maximum Gasteiger partial charge on any atom is 0.410 e. The molecule has 1 aromatic rings. The summed E-state index contributed by atoms with van der Waals surface area (Å²) >= 11 is 0. The van der Waals surface area contributed by atoms with Crippen LogP contribution in [0.1, 0.15) is 31.1 Å². The Morgan fingerprint density at radius 1 is 1.25 bits per heavy atom. The molecule has 2 amide bonds. The van der Waals surface area contributed by atoms with Gasteiger partial charge in [-0.15, -0.1) is 0 Å². The summed E-state index contributed by atoms with van der Waals surface area (Å²) in [5.41, 5.74) is 0.0948. The second-order valence-electron chi connectivity index (χ2n) is 6.81. The number of piperazine rings is 1. The molecular formula is C17H26N4O3. The molecular weight excluding hydrogens is 308 g/mol. The Morgan fingerprint density at radius 2 is 1.96 bits per heavy atom. The average Bonchev–Trinajstić information content (AvgIpc) is 2.54. The quantitative estimate of drug-likeness (QED) is 0.900. The normalized spacial score (nSPS) is 15.9. The highest BCUT2D eigenvalue weighted by Gasteiger charge is 2.25. The number of rotatable bonds is 4. The molecule has 1 N–H and O–H groups in total. The lowest BCUT2D eigenvalue weighted by Gasteiger charge is -2.35. The van der Waals surface area contributed by atoms with Gasteiger partial charge in [-0.3, -0.25) is 14.7 Å². The zero-order valence-corrected chi connectivity index (χ0v) is 14.6. The van der Waals surface area contributed by atoms with E-state index in [4.69, 9.17) is 4.74 Å². The zero-order valence-electron chi connectivity index (χ0n) is 14.6. The lowest BCUT2D eigenvalue weighted by molar-refractivity contribution is 0.0147. The van der Waals surface area contributed by atoms with Crippen molar-refractivity contribution in [3.63, 3.8) is 0 Å². The van der Waals surface area contributed by atoms with Crippen LogP contribution in [0.15, 0.2) is 24.5 Å². The van der Waals surface area contributed by atoms with Gasteiger partial charge >= 0.3 is 6.09 Å². The highest BCUT2D eigenvalue weighted by molar-refractivity contribution is 5.93. The van der Waals surface area contributed by atoms with Crippen LogP contribution in [0, 0.1) is 0 Å². The Labute approximate surface area is 143 Å². The number of carbonyl (C=O) groups excluding carboxylic acids is 2. The number of hydrogen-bond acceptors (Lipinski definition) is 5. The SMILES string of the molecule is CC(C)(C)OC(=O)N1CCN(CCNC(=O)c2cccnc2)CC1. The minimum atomic E-state index is -0.467. The van der Waals surface area contributed by atoms with E-state index in [1.807, 2.05) is 20.8 Å². The van der Waals surface area contributed by atoms with Gasteiger partial charge in [0.2, 0.25) is 0 Å². The second-order valence-corrected chi connectivity index (χ2v) is 6.81. The number of nitrogens with one attached hydrogen (secondary N) is 1. The Morgan fingerprint density at radius 3 is 2.54 bits per heavy atom. The maximum absolute atomic E-state index is 12.0. The van der Waals surface area contributed by atoms with Crippen molar-refractivity contribution < 1.29 is 14.3 Å². The van der Waals surface area contributed by atoms with Crippen molar-refractivity contribution >= 4 is 12.0 Å². The summed E-state index contributed by atoms with van der Waals surface area (Å²) in [4.78, 5) is 31.8. The number of carbonyl (C=O) groups is 2. The first-order valence-corrected chi connectivity index (χ1v) is 8.24. The van der Waals surface area contributed by atoms with Crippen LogP contribution in [0.25, 0.3) is 0 Å². The van der Waals surface area contributed by atoms with Gasteiger partial charge < -0.3 is 15.0 Å². The third-order valence-corrected chi connectivity index (χ3v) is 3.66. The number of hydrogen-bond donors (Lipinski definition) is 1. The molecule has 7 heteroatoms. The fourth-order valence-corrected chi connectivity index (χ4v) is 2.41. The number of pyridine rings is 1. The molecule has 1 aliphatic heterocycles. The summed E-state index contributed by atoms with van der Waals surface area (Å²) in [6.45, 7) is 9.78. The van der Waals surface area contributed by atoms with E-state index >= 15 is 0 Å². The van der Waals surface area contributed by atoms with Gasteiger partial charge in [-0.1, -0.05) is 0 Å². The summed E-state index contributed by atoms with van der Waals surface area (Å²) in [5.74, 6) is -0.115. The Bertz CT molecular complexity index is 549. The number of aromatic nitrogens is 1. The predicted octanol–water partition coefficient (Wildman–Crippen LogP) is 1.36. The predicted molar refractivity (Wildman–Crippen MR) is 90.8 cm³/mol. The number of ether oxygens (including phenoxy) is 1. The molecule has 0 atom stereocenters. The monoisotopic (exact) mass is 334 g/mol. The molecule has 0 aromatic carbocycles. The molecule has 24 heavy (non-hydrogen) atoms. The molecule has 0 radical (unpaired) electrons. The van der Waals surface area contributed by atoms with Gasteiger partial charge in [-0.05, 0) is 32.9 Å². The van der Waals surface area contributed by atoms with Crippen molar-refractivity contribution in [2.45, 2.75) is 26.4 Å². The van der Waals surface area contributed by atoms with Gasteiger partial charge in [0, 0.05) is 51.7 Å². The molecule has 0 saturated carbocycles. The van der Waals surface area contributed by atoms with E-state index in [0.29, 0.717) is 25.2 Å². The summed E-state index contributed by atoms with van der Waals surface area (Å²) in [7, 11) is 0. The van der Waals surface area contributed by atoms with Gasteiger partial charge in [-0.25, -0.2) is 4.79 Å². The van der Waals surface area contributed by atoms with Gasteiger partial charge in [0.15, 0.2) is 0 Å². The Balaban J connectivity index is 1.66. The average molecular weight is 334 g/mol. The number of amides is 2. The Hall–Kier alpha value is -2.15. The molecule has 2 rings (SSSR count). The standard InChI is InChI=1S/C17H26N4O3/c1-17(2,3)24-16(23)21-11-9-20(10-12-21)8-7-19-15(22)14-5-4-6-18-13-14/h4-6,13H,7-12H2,1-3H3,(H,19,22). The van der Waals surface area contributed by atoms with Crippen LogP contribution in [0.5, 0.6) is 0 Å². The first-order chi connectivity index (χ1) is 11.3. The fraction of sp³-hybridized carbons (Fsp3) is 0.588. The van der Waals surface area contributed by atoms with Crippen LogP contribution in [0.3, 0.4) is 0 Å². The molecule has 1 aromatic heterocycles. The minimum absolute atomic E-state index is 0.115. The highest BCUT2D eigenvalue weighted by atomic mass is 16.6. The van der Waals surface area contributed by atoms with Crippen molar-refractivity contribution in [2.75, 3.05) is 39.3 Å². The van der Waals surface area contributed by atoms with Crippen LogP contribution >= 0.6 is 0 Å². The van der Waals surface area contributed by atoms with Gasteiger partial charge in [0.25, 0.3) is 5.91 Å². The van der Waals surface area contributed by atoms with E-state index in [2.05, 4.69) is 15.2 Å². The lowest BCUT2D eigenvalue weighted by Crippen LogP contribution is -2.51. The summed E-state index contributed by atoms with van der Waals surface area (Å²) in [6, 6.07) is 3.48. The van der Waals surface area contributed by atoms with E-state index in [1.54, 1.807) is 29.4 Å². The Kier molecular flexibility index (Phi) is 6.14. The van der Waals surface area contributed by atoms with Crippen LogP contribution in [0.4, 0.5) is 4.79 Å². The number of nitrogens with zero attached hydrogens (tertiary/aromatic N) is 3. The second kappa shape index (κ2) is 8.10. The summed E-state index contributed by atoms with van der Waals surface area (Å²) in [6.07, 6.45) is 2.93. The van der Waals surface area contributed by atoms with E-state index < -0.39 is 5.60 Å². The first-order valence-electron chi connectivity index (χ1n) is 8.24. The van der Waals surface area contributed by atoms with Gasteiger partial charge in [-0.2, -0.15) is 0 Å². The summed E-state index contributed by atoms with van der Waals surface area (Å²) in [5, 5.41) is 2.89. The van der Waals surface area contributed by atoms with Crippen LogP contribution < -0.4 is 5.32 Å². The molecule has 2 heterocycles. The smallest absolute Gasteiger partial charge is 0.410 e. The van der Waals surface area contributed by atoms with Crippen molar-refractivity contribution in [1.82, 2.24) is 20.1 Å². The zero-order chi connectivity index (χ0) is 17.6. The van der Waals surface area contributed by atoms with Crippen LogP contribution in [-0.4, -0.2) is 71.7 Å². The molecule has 1 fully saturated rings. The van der Waals surface area contributed by atoms with Crippen molar-refractivity contribution in [1.29, 1.82) is 0 Å².